The van der Waals surface area contributed by atoms with Gasteiger partial charge >= 0.3 is 0 Å². The van der Waals surface area contributed by atoms with Gasteiger partial charge < -0.3 is 10.1 Å². The van der Waals surface area contributed by atoms with E-state index >= 15 is 0 Å². The molecule has 1 atom stereocenters. The number of nitrogens with one attached hydrogen (secondary N) is 1. The molecule has 0 bridgehead atoms. The molecular weight excluding hydrogens is 326 g/mol. The first-order valence-electron chi connectivity index (χ1n) is 7.87. The quantitative estimate of drug-likeness (QED) is 0.672. The average Bonchev–Trinajstić information content (AvgIpc) is 2.36. The molecule has 0 heterocycles. The summed E-state index contributed by atoms with van der Waals surface area (Å²) in [5, 5.41) is 3.64. The van der Waals surface area contributed by atoms with Crippen molar-refractivity contribution in [1.82, 2.24) is 5.32 Å². The second-order valence-corrected chi connectivity index (χ2v) is 8.14. The van der Waals surface area contributed by atoms with Crippen LogP contribution in [0.25, 0.3) is 0 Å². The van der Waals surface area contributed by atoms with Gasteiger partial charge in [-0.1, -0.05) is 42.3 Å². The number of benzene rings is 1. The van der Waals surface area contributed by atoms with Gasteiger partial charge in [-0.25, -0.2) is 0 Å². The highest BCUT2D eigenvalue weighted by Gasteiger charge is 2.25. The average molecular weight is 356 g/mol. The van der Waals surface area contributed by atoms with Crippen molar-refractivity contribution >= 4 is 15.9 Å². The summed E-state index contributed by atoms with van der Waals surface area (Å²) in [5.41, 5.74) is 0.453. The van der Waals surface area contributed by atoms with Crippen molar-refractivity contribution in [2.45, 2.75) is 59.4 Å². The van der Waals surface area contributed by atoms with Crippen molar-refractivity contribution in [2.75, 3.05) is 13.2 Å². The van der Waals surface area contributed by atoms with Crippen LogP contribution in [0.5, 0.6) is 5.75 Å². The van der Waals surface area contributed by atoms with Gasteiger partial charge in [-0.2, -0.15) is 0 Å². The van der Waals surface area contributed by atoms with Crippen LogP contribution in [0.15, 0.2) is 28.7 Å². The molecule has 21 heavy (non-hydrogen) atoms. The Morgan fingerprint density at radius 1 is 1.14 bits per heavy atom. The lowest BCUT2D eigenvalue weighted by Gasteiger charge is -2.33. The van der Waals surface area contributed by atoms with E-state index < -0.39 is 0 Å². The fraction of sp³-hybridized carbons (Fsp3) is 0.667. The summed E-state index contributed by atoms with van der Waals surface area (Å²) in [6.07, 6.45) is 3.49. The number of halogens is 1. The van der Waals surface area contributed by atoms with Gasteiger partial charge in [-0.3, -0.25) is 0 Å². The zero-order valence-electron chi connectivity index (χ0n) is 14.1. The Bertz CT molecular complexity index is 427. The SMILES string of the molecule is CCCC(C)(CCOc1cccc(Br)c1)CNC(C)(C)C. The minimum absolute atomic E-state index is 0.167. The van der Waals surface area contributed by atoms with Gasteiger partial charge in [0.15, 0.2) is 0 Å². The normalized spacial score (nSPS) is 14.8. The van der Waals surface area contributed by atoms with Gasteiger partial charge in [0, 0.05) is 16.6 Å². The molecule has 0 fully saturated rings. The molecule has 0 aromatic heterocycles. The monoisotopic (exact) mass is 355 g/mol. The maximum Gasteiger partial charge on any atom is 0.120 e. The maximum absolute atomic E-state index is 5.90. The lowest BCUT2D eigenvalue weighted by molar-refractivity contribution is 0.180. The Hall–Kier alpha value is -0.540. The first-order valence-corrected chi connectivity index (χ1v) is 8.67. The molecule has 0 spiro atoms. The molecule has 0 saturated heterocycles. The molecule has 0 aliphatic carbocycles. The minimum atomic E-state index is 0.167. The molecule has 1 N–H and O–H groups in total. The Morgan fingerprint density at radius 3 is 2.43 bits per heavy atom. The molecule has 0 aliphatic rings. The summed E-state index contributed by atoms with van der Waals surface area (Å²) in [4.78, 5) is 0. The van der Waals surface area contributed by atoms with Crippen molar-refractivity contribution < 1.29 is 4.74 Å². The van der Waals surface area contributed by atoms with Crippen molar-refractivity contribution in [3.63, 3.8) is 0 Å². The maximum atomic E-state index is 5.90. The third-order valence-electron chi connectivity index (χ3n) is 3.67. The Morgan fingerprint density at radius 2 is 1.86 bits per heavy atom. The van der Waals surface area contributed by atoms with E-state index in [1.54, 1.807) is 0 Å². The van der Waals surface area contributed by atoms with E-state index in [4.69, 9.17) is 4.74 Å². The molecule has 1 unspecified atom stereocenters. The van der Waals surface area contributed by atoms with Crippen LogP contribution >= 0.6 is 15.9 Å². The first kappa shape index (κ1) is 18.5. The number of ether oxygens (including phenoxy) is 1. The molecule has 3 heteroatoms. The van der Waals surface area contributed by atoms with E-state index in [1.807, 2.05) is 24.3 Å². The van der Waals surface area contributed by atoms with Crippen LogP contribution in [0.4, 0.5) is 0 Å². The van der Waals surface area contributed by atoms with Crippen molar-refractivity contribution in [3.05, 3.63) is 28.7 Å². The Labute approximate surface area is 138 Å². The zero-order valence-corrected chi connectivity index (χ0v) is 15.7. The molecule has 1 rings (SSSR count). The molecule has 1 aromatic rings. The molecule has 0 amide bonds. The third kappa shape index (κ3) is 7.87. The first-order chi connectivity index (χ1) is 9.74. The van der Waals surface area contributed by atoms with Crippen LogP contribution in [0.1, 0.15) is 53.9 Å². The van der Waals surface area contributed by atoms with Crippen molar-refractivity contribution in [1.29, 1.82) is 0 Å². The van der Waals surface area contributed by atoms with E-state index in [9.17, 15) is 0 Å². The van der Waals surface area contributed by atoms with Crippen molar-refractivity contribution in [2.24, 2.45) is 5.41 Å². The molecule has 0 aliphatic heterocycles. The number of hydrogen-bond acceptors (Lipinski definition) is 2. The van der Waals surface area contributed by atoms with Gasteiger partial charge in [0.05, 0.1) is 6.61 Å². The molecule has 1 aromatic carbocycles. The minimum Gasteiger partial charge on any atom is -0.494 e. The van der Waals surface area contributed by atoms with Crippen LogP contribution in [0.2, 0.25) is 0 Å². The van der Waals surface area contributed by atoms with Gasteiger partial charge in [-0.05, 0) is 57.2 Å². The molecule has 120 valence electrons. The van der Waals surface area contributed by atoms with Crippen LogP contribution in [-0.4, -0.2) is 18.7 Å². The Kier molecular flexibility index (Phi) is 7.22. The fourth-order valence-corrected chi connectivity index (χ4v) is 2.73. The third-order valence-corrected chi connectivity index (χ3v) is 4.16. The van der Waals surface area contributed by atoms with Gasteiger partial charge in [0.25, 0.3) is 0 Å². The predicted molar refractivity (Wildman–Crippen MR) is 95.0 cm³/mol. The largest absolute Gasteiger partial charge is 0.494 e. The predicted octanol–water partition coefficient (Wildman–Crippen LogP) is 5.41. The number of rotatable bonds is 8. The van der Waals surface area contributed by atoms with Gasteiger partial charge in [0.2, 0.25) is 0 Å². The highest BCUT2D eigenvalue weighted by molar-refractivity contribution is 9.10. The topological polar surface area (TPSA) is 21.3 Å². The summed E-state index contributed by atoms with van der Waals surface area (Å²) in [5.74, 6) is 0.937. The summed E-state index contributed by atoms with van der Waals surface area (Å²) < 4.78 is 6.96. The summed E-state index contributed by atoms with van der Waals surface area (Å²) in [6, 6.07) is 8.05. The smallest absolute Gasteiger partial charge is 0.120 e. The highest BCUT2D eigenvalue weighted by atomic mass is 79.9. The zero-order chi connectivity index (χ0) is 15.9. The standard InChI is InChI=1S/C18H30BrNO/c1-6-10-18(5,14-20-17(2,3)4)11-12-21-16-9-7-8-15(19)13-16/h7-9,13,20H,6,10-12,14H2,1-5H3. The van der Waals surface area contributed by atoms with Gasteiger partial charge in [-0.15, -0.1) is 0 Å². The summed E-state index contributed by atoms with van der Waals surface area (Å²) >= 11 is 3.48. The lowest BCUT2D eigenvalue weighted by Crippen LogP contribution is -2.43. The van der Waals surface area contributed by atoms with Gasteiger partial charge in [0.1, 0.15) is 5.75 Å². The summed E-state index contributed by atoms with van der Waals surface area (Å²) in [6.45, 7) is 13.1. The van der Waals surface area contributed by atoms with E-state index in [2.05, 4.69) is 55.9 Å². The second kappa shape index (κ2) is 8.19. The molecule has 0 saturated carbocycles. The van der Waals surface area contributed by atoms with Crippen molar-refractivity contribution in [3.8, 4) is 5.75 Å². The second-order valence-electron chi connectivity index (χ2n) is 7.22. The van der Waals surface area contributed by atoms with E-state index in [0.717, 1.165) is 29.8 Å². The molecule has 2 nitrogen and oxygen atoms in total. The lowest BCUT2D eigenvalue weighted by atomic mass is 9.82. The van der Waals surface area contributed by atoms with E-state index in [-0.39, 0.29) is 11.0 Å². The summed E-state index contributed by atoms with van der Waals surface area (Å²) in [7, 11) is 0. The number of hydrogen-bond donors (Lipinski definition) is 1. The highest BCUT2D eigenvalue weighted by Crippen LogP contribution is 2.28. The molecular formula is C18H30BrNO. The van der Waals surface area contributed by atoms with E-state index in [0.29, 0.717) is 0 Å². The van der Waals surface area contributed by atoms with Crippen LogP contribution in [0.3, 0.4) is 0 Å². The molecule has 0 radical (unpaired) electrons. The van der Waals surface area contributed by atoms with Crippen LogP contribution < -0.4 is 10.1 Å². The van der Waals surface area contributed by atoms with Crippen LogP contribution in [0, 0.1) is 5.41 Å². The van der Waals surface area contributed by atoms with E-state index in [1.165, 1.54) is 12.8 Å². The van der Waals surface area contributed by atoms with Crippen LogP contribution in [-0.2, 0) is 0 Å². The Balaban J connectivity index is 2.50. The fourth-order valence-electron chi connectivity index (χ4n) is 2.36.